The molecule has 0 bridgehead atoms. The molecule has 0 unspecified atom stereocenters. The van der Waals surface area contributed by atoms with Gasteiger partial charge in [0.1, 0.15) is 12.4 Å². The highest BCUT2D eigenvalue weighted by Gasteiger charge is 2.14. The SMILES string of the molecule is CC(C)(C)c1ccc(OCCNS(=O)(=O)c2ccc(N)cc2)cc1. The zero-order valence-electron chi connectivity index (χ0n) is 14.2. The van der Waals surface area contributed by atoms with Gasteiger partial charge in [0, 0.05) is 12.2 Å². The first kappa shape index (κ1) is 18.3. The Hall–Kier alpha value is -2.05. The van der Waals surface area contributed by atoms with Crippen LogP contribution in [0.5, 0.6) is 5.75 Å². The molecule has 5 nitrogen and oxygen atoms in total. The van der Waals surface area contributed by atoms with Crippen LogP contribution in [0.25, 0.3) is 0 Å². The minimum atomic E-state index is -3.54. The lowest BCUT2D eigenvalue weighted by atomic mass is 9.87. The fraction of sp³-hybridized carbons (Fsp3) is 0.333. The van der Waals surface area contributed by atoms with E-state index in [1.807, 2.05) is 24.3 Å². The summed E-state index contributed by atoms with van der Waals surface area (Å²) in [5.41, 5.74) is 7.39. The van der Waals surface area contributed by atoms with Crippen LogP contribution in [-0.2, 0) is 15.4 Å². The molecule has 0 radical (unpaired) electrons. The zero-order valence-corrected chi connectivity index (χ0v) is 15.1. The van der Waals surface area contributed by atoms with Gasteiger partial charge in [-0.2, -0.15) is 0 Å². The first-order valence-electron chi connectivity index (χ1n) is 7.77. The van der Waals surface area contributed by atoms with Gasteiger partial charge >= 0.3 is 0 Å². The van der Waals surface area contributed by atoms with E-state index < -0.39 is 10.0 Å². The number of benzene rings is 2. The Bertz CT molecular complexity index is 761. The van der Waals surface area contributed by atoms with Gasteiger partial charge in [0.25, 0.3) is 0 Å². The number of nitrogens with one attached hydrogen (secondary N) is 1. The lowest BCUT2D eigenvalue weighted by Gasteiger charge is -2.19. The summed E-state index contributed by atoms with van der Waals surface area (Å²) >= 11 is 0. The Morgan fingerprint density at radius 3 is 2.12 bits per heavy atom. The van der Waals surface area contributed by atoms with Crippen LogP contribution in [0.15, 0.2) is 53.4 Å². The summed E-state index contributed by atoms with van der Waals surface area (Å²) in [6, 6.07) is 13.9. The van der Waals surface area contributed by atoms with E-state index in [2.05, 4.69) is 25.5 Å². The lowest BCUT2D eigenvalue weighted by Crippen LogP contribution is -2.28. The Morgan fingerprint density at radius 2 is 1.58 bits per heavy atom. The molecule has 0 amide bonds. The molecule has 0 saturated heterocycles. The van der Waals surface area contributed by atoms with Crippen LogP contribution in [0.3, 0.4) is 0 Å². The van der Waals surface area contributed by atoms with Gasteiger partial charge < -0.3 is 10.5 Å². The second-order valence-electron chi connectivity index (χ2n) is 6.59. The van der Waals surface area contributed by atoms with Crippen molar-refractivity contribution in [2.24, 2.45) is 0 Å². The fourth-order valence-electron chi connectivity index (χ4n) is 2.13. The van der Waals surface area contributed by atoms with Crippen LogP contribution in [0.1, 0.15) is 26.3 Å². The van der Waals surface area contributed by atoms with E-state index in [1.54, 1.807) is 12.1 Å². The summed E-state index contributed by atoms with van der Waals surface area (Å²) in [4.78, 5) is 0.186. The van der Waals surface area contributed by atoms with E-state index in [-0.39, 0.29) is 23.5 Å². The first-order valence-corrected chi connectivity index (χ1v) is 9.25. The molecule has 24 heavy (non-hydrogen) atoms. The quantitative estimate of drug-likeness (QED) is 0.621. The smallest absolute Gasteiger partial charge is 0.240 e. The van der Waals surface area contributed by atoms with Gasteiger partial charge in [-0.3, -0.25) is 0 Å². The topological polar surface area (TPSA) is 81.4 Å². The van der Waals surface area contributed by atoms with E-state index in [1.165, 1.54) is 17.7 Å². The zero-order chi connectivity index (χ0) is 17.8. The number of nitrogen functional groups attached to an aromatic ring is 1. The molecule has 6 heteroatoms. The van der Waals surface area contributed by atoms with Crippen LogP contribution in [0.2, 0.25) is 0 Å². The van der Waals surface area contributed by atoms with E-state index >= 15 is 0 Å². The molecule has 2 rings (SSSR count). The van der Waals surface area contributed by atoms with Crippen molar-refractivity contribution in [1.82, 2.24) is 4.72 Å². The van der Waals surface area contributed by atoms with E-state index in [9.17, 15) is 8.42 Å². The van der Waals surface area contributed by atoms with Crippen molar-refractivity contribution in [3.8, 4) is 5.75 Å². The molecule has 0 aromatic heterocycles. The average molecular weight is 348 g/mol. The van der Waals surface area contributed by atoms with Gasteiger partial charge in [-0.25, -0.2) is 13.1 Å². The van der Waals surface area contributed by atoms with E-state index in [0.29, 0.717) is 5.69 Å². The highest BCUT2D eigenvalue weighted by molar-refractivity contribution is 7.89. The molecule has 0 heterocycles. The molecule has 0 aliphatic carbocycles. The van der Waals surface area contributed by atoms with Crippen molar-refractivity contribution in [2.75, 3.05) is 18.9 Å². The Kier molecular flexibility index (Phi) is 5.51. The highest BCUT2D eigenvalue weighted by atomic mass is 32.2. The minimum absolute atomic E-state index is 0.0905. The molecule has 2 aromatic rings. The number of ether oxygens (including phenoxy) is 1. The Labute approximate surface area is 143 Å². The minimum Gasteiger partial charge on any atom is -0.492 e. The maximum atomic E-state index is 12.1. The van der Waals surface area contributed by atoms with Gasteiger partial charge in [-0.05, 0) is 47.4 Å². The number of sulfonamides is 1. The maximum Gasteiger partial charge on any atom is 0.240 e. The number of anilines is 1. The van der Waals surface area contributed by atoms with Crippen molar-refractivity contribution in [2.45, 2.75) is 31.1 Å². The second kappa shape index (κ2) is 7.23. The maximum absolute atomic E-state index is 12.1. The molecule has 0 atom stereocenters. The molecule has 0 saturated carbocycles. The summed E-state index contributed by atoms with van der Waals surface area (Å²) in [6.45, 7) is 6.88. The lowest BCUT2D eigenvalue weighted by molar-refractivity contribution is 0.322. The summed E-state index contributed by atoms with van der Waals surface area (Å²) in [6.07, 6.45) is 0. The normalized spacial score (nSPS) is 12.1. The summed E-state index contributed by atoms with van der Waals surface area (Å²) < 4.78 is 32.3. The number of hydrogen-bond donors (Lipinski definition) is 2. The predicted molar refractivity (Wildman–Crippen MR) is 96.7 cm³/mol. The van der Waals surface area contributed by atoms with Gasteiger partial charge in [0.2, 0.25) is 10.0 Å². The third-order valence-electron chi connectivity index (χ3n) is 3.57. The van der Waals surface area contributed by atoms with Gasteiger partial charge in [-0.15, -0.1) is 0 Å². The Balaban J connectivity index is 1.85. The molecule has 130 valence electrons. The van der Waals surface area contributed by atoms with Crippen LogP contribution in [0.4, 0.5) is 5.69 Å². The third kappa shape index (κ3) is 4.97. The Morgan fingerprint density at radius 1 is 1.00 bits per heavy atom. The van der Waals surface area contributed by atoms with Crippen LogP contribution >= 0.6 is 0 Å². The second-order valence-corrected chi connectivity index (χ2v) is 8.36. The first-order chi connectivity index (χ1) is 11.2. The fourth-order valence-corrected chi connectivity index (χ4v) is 3.14. The van der Waals surface area contributed by atoms with Crippen molar-refractivity contribution in [1.29, 1.82) is 0 Å². The number of nitrogens with two attached hydrogens (primary N) is 1. The highest BCUT2D eigenvalue weighted by Crippen LogP contribution is 2.24. The van der Waals surface area contributed by atoms with Gasteiger partial charge in [0.05, 0.1) is 4.90 Å². The van der Waals surface area contributed by atoms with Crippen molar-refractivity contribution in [3.05, 3.63) is 54.1 Å². The van der Waals surface area contributed by atoms with Crippen molar-refractivity contribution in [3.63, 3.8) is 0 Å². The molecule has 0 aliphatic rings. The number of rotatable bonds is 6. The van der Waals surface area contributed by atoms with Crippen molar-refractivity contribution >= 4 is 15.7 Å². The molecule has 2 aromatic carbocycles. The average Bonchev–Trinajstić information content (AvgIpc) is 2.52. The third-order valence-corrected chi connectivity index (χ3v) is 5.05. The molecule has 3 N–H and O–H groups in total. The standard InChI is InChI=1S/C18H24N2O3S/c1-18(2,3)14-4-8-16(9-5-14)23-13-12-20-24(21,22)17-10-6-15(19)7-11-17/h4-11,20H,12-13,19H2,1-3H3. The van der Waals surface area contributed by atoms with Crippen LogP contribution < -0.4 is 15.2 Å². The molecule has 0 aliphatic heterocycles. The van der Waals surface area contributed by atoms with Gasteiger partial charge in [0.15, 0.2) is 0 Å². The molecule has 0 fully saturated rings. The van der Waals surface area contributed by atoms with Crippen LogP contribution in [-0.4, -0.2) is 21.6 Å². The molecular formula is C18H24N2O3S. The summed E-state index contributed by atoms with van der Waals surface area (Å²) in [7, 11) is -3.54. The summed E-state index contributed by atoms with van der Waals surface area (Å²) in [5, 5.41) is 0. The monoisotopic (exact) mass is 348 g/mol. The summed E-state index contributed by atoms with van der Waals surface area (Å²) in [5.74, 6) is 0.717. The van der Waals surface area contributed by atoms with E-state index in [4.69, 9.17) is 10.5 Å². The molecule has 0 spiro atoms. The van der Waals surface area contributed by atoms with Gasteiger partial charge in [-0.1, -0.05) is 32.9 Å². The van der Waals surface area contributed by atoms with Crippen LogP contribution in [0, 0.1) is 0 Å². The predicted octanol–water partition coefficient (Wildman–Crippen LogP) is 2.92. The van der Waals surface area contributed by atoms with E-state index in [0.717, 1.165) is 5.75 Å². The number of hydrogen-bond acceptors (Lipinski definition) is 4. The largest absolute Gasteiger partial charge is 0.492 e. The van der Waals surface area contributed by atoms with Crippen molar-refractivity contribution < 1.29 is 13.2 Å². The molecular weight excluding hydrogens is 324 g/mol.